The maximum absolute atomic E-state index is 6.11. The van der Waals surface area contributed by atoms with Gasteiger partial charge in [0.05, 0.1) is 6.61 Å². The van der Waals surface area contributed by atoms with E-state index in [9.17, 15) is 0 Å². The summed E-state index contributed by atoms with van der Waals surface area (Å²) in [6.07, 6.45) is 1.89. The van der Waals surface area contributed by atoms with E-state index in [1.165, 1.54) is 5.56 Å². The van der Waals surface area contributed by atoms with E-state index in [2.05, 4.69) is 18.2 Å². The highest BCUT2D eigenvalue weighted by Crippen LogP contribution is 2.15. The molecule has 0 saturated heterocycles. The van der Waals surface area contributed by atoms with Crippen LogP contribution in [0.3, 0.4) is 0 Å². The number of rotatable bonds is 6. The second kappa shape index (κ2) is 6.82. The third kappa shape index (κ3) is 3.90. The Morgan fingerprint density at radius 1 is 1.06 bits per heavy atom. The Kier molecular flexibility index (Phi) is 4.79. The van der Waals surface area contributed by atoms with Gasteiger partial charge in [-0.05, 0) is 36.6 Å². The molecule has 0 unspecified atom stereocenters. The topological polar surface area (TPSA) is 35.2 Å². The molecule has 0 aliphatic rings. The largest absolute Gasteiger partial charge is 0.494 e. The summed E-state index contributed by atoms with van der Waals surface area (Å²) in [6.45, 7) is 0.699. The molecule has 0 heterocycles. The Bertz CT molecular complexity index is 441. The first kappa shape index (κ1) is 12.7. The predicted molar refractivity (Wildman–Crippen MR) is 73.4 cm³/mol. The van der Waals surface area contributed by atoms with E-state index >= 15 is 0 Å². The molecule has 0 spiro atoms. The minimum absolute atomic E-state index is 0.0962. The van der Waals surface area contributed by atoms with Crippen LogP contribution in [0.15, 0.2) is 54.6 Å². The summed E-state index contributed by atoms with van der Waals surface area (Å²) in [7, 11) is 0. The van der Waals surface area contributed by atoms with Gasteiger partial charge in [0.25, 0.3) is 0 Å². The van der Waals surface area contributed by atoms with Crippen molar-refractivity contribution in [3.8, 4) is 5.75 Å². The predicted octanol–water partition coefficient (Wildman–Crippen LogP) is 3.35. The van der Waals surface area contributed by atoms with Gasteiger partial charge < -0.3 is 10.5 Å². The van der Waals surface area contributed by atoms with Gasteiger partial charge in [0.2, 0.25) is 0 Å². The first-order valence-electron chi connectivity index (χ1n) is 6.26. The van der Waals surface area contributed by atoms with Crippen LogP contribution in [0.5, 0.6) is 5.75 Å². The van der Waals surface area contributed by atoms with Crippen LogP contribution in [0, 0.1) is 6.07 Å². The van der Waals surface area contributed by atoms with Gasteiger partial charge in [-0.25, -0.2) is 0 Å². The van der Waals surface area contributed by atoms with Crippen molar-refractivity contribution in [2.45, 2.75) is 18.9 Å². The van der Waals surface area contributed by atoms with Crippen LogP contribution in [0.25, 0.3) is 0 Å². The van der Waals surface area contributed by atoms with Crippen molar-refractivity contribution >= 4 is 0 Å². The molecule has 0 bridgehead atoms. The van der Waals surface area contributed by atoms with Crippen LogP contribution in [0.2, 0.25) is 0 Å². The summed E-state index contributed by atoms with van der Waals surface area (Å²) in [5.41, 5.74) is 7.30. The molecule has 0 fully saturated rings. The van der Waals surface area contributed by atoms with Crippen LogP contribution in [-0.4, -0.2) is 6.61 Å². The third-order valence-corrected chi connectivity index (χ3v) is 2.84. The molecule has 18 heavy (non-hydrogen) atoms. The summed E-state index contributed by atoms with van der Waals surface area (Å²) in [5, 5.41) is 0. The van der Waals surface area contributed by atoms with Gasteiger partial charge in [-0.2, -0.15) is 0 Å². The second-order valence-corrected chi connectivity index (χ2v) is 4.24. The molecule has 2 rings (SSSR count). The Morgan fingerprint density at radius 2 is 1.78 bits per heavy atom. The van der Waals surface area contributed by atoms with E-state index in [1.807, 2.05) is 42.5 Å². The Hall–Kier alpha value is -1.80. The molecule has 2 N–H and O–H groups in total. The summed E-state index contributed by atoms with van der Waals surface area (Å²) in [4.78, 5) is 0. The number of hydrogen-bond acceptors (Lipinski definition) is 2. The van der Waals surface area contributed by atoms with E-state index in [-0.39, 0.29) is 6.04 Å². The molecule has 1 atom stereocenters. The quantitative estimate of drug-likeness (QED) is 0.786. The highest BCUT2D eigenvalue weighted by atomic mass is 16.5. The maximum atomic E-state index is 6.11. The van der Waals surface area contributed by atoms with Gasteiger partial charge in [0, 0.05) is 6.04 Å². The molecule has 0 aliphatic carbocycles. The molecule has 2 aromatic rings. The van der Waals surface area contributed by atoms with E-state index in [1.54, 1.807) is 0 Å². The number of nitrogens with two attached hydrogens (primary N) is 1. The zero-order valence-corrected chi connectivity index (χ0v) is 10.4. The van der Waals surface area contributed by atoms with Crippen molar-refractivity contribution in [3.63, 3.8) is 0 Å². The van der Waals surface area contributed by atoms with Gasteiger partial charge >= 0.3 is 0 Å². The minimum atomic E-state index is 0.0962. The van der Waals surface area contributed by atoms with Crippen molar-refractivity contribution in [3.05, 3.63) is 66.2 Å². The standard InChI is InChI=1S/C16H18NO/c17-16(14-8-3-1-4-9-14)12-7-13-18-15-10-5-2-6-11-15/h1,3-6,8-11,16H,7,12-13,17H2/t16-/m1/s1. The highest BCUT2D eigenvalue weighted by molar-refractivity contribution is 5.20. The lowest BCUT2D eigenvalue weighted by Crippen LogP contribution is -2.11. The lowest BCUT2D eigenvalue weighted by atomic mass is 10.0. The maximum Gasteiger partial charge on any atom is 0.119 e. The van der Waals surface area contributed by atoms with Gasteiger partial charge in [-0.15, -0.1) is 0 Å². The van der Waals surface area contributed by atoms with Crippen LogP contribution in [0.1, 0.15) is 24.4 Å². The smallest absolute Gasteiger partial charge is 0.119 e. The van der Waals surface area contributed by atoms with Crippen LogP contribution in [0.4, 0.5) is 0 Å². The molecule has 0 aromatic heterocycles. The van der Waals surface area contributed by atoms with Gasteiger partial charge in [0.1, 0.15) is 5.75 Å². The molecule has 93 valence electrons. The average Bonchev–Trinajstić information content (AvgIpc) is 2.45. The fourth-order valence-corrected chi connectivity index (χ4v) is 1.83. The third-order valence-electron chi connectivity index (χ3n) is 2.84. The summed E-state index contributed by atoms with van der Waals surface area (Å²) >= 11 is 0. The van der Waals surface area contributed by atoms with Crippen LogP contribution < -0.4 is 10.5 Å². The first-order valence-corrected chi connectivity index (χ1v) is 6.26. The fourth-order valence-electron chi connectivity index (χ4n) is 1.83. The molecule has 2 nitrogen and oxygen atoms in total. The molecule has 0 aliphatic heterocycles. The summed E-state index contributed by atoms with van der Waals surface area (Å²) < 4.78 is 5.62. The normalized spacial score (nSPS) is 12.1. The SMILES string of the molecule is N[C@H](CCCOc1cc[c]cc1)c1ccccc1. The van der Waals surface area contributed by atoms with E-state index in [4.69, 9.17) is 10.5 Å². The van der Waals surface area contributed by atoms with Gasteiger partial charge in [-0.3, -0.25) is 0 Å². The van der Waals surface area contributed by atoms with Crippen molar-refractivity contribution in [1.29, 1.82) is 0 Å². The summed E-state index contributed by atoms with van der Waals surface area (Å²) in [5.74, 6) is 0.891. The van der Waals surface area contributed by atoms with Crippen molar-refractivity contribution in [2.75, 3.05) is 6.61 Å². The van der Waals surface area contributed by atoms with E-state index < -0.39 is 0 Å². The Labute approximate surface area is 108 Å². The number of benzene rings is 2. The minimum Gasteiger partial charge on any atom is -0.494 e. The van der Waals surface area contributed by atoms with Crippen molar-refractivity contribution in [1.82, 2.24) is 0 Å². The van der Waals surface area contributed by atoms with E-state index in [0.717, 1.165) is 18.6 Å². The number of ether oxygens (including phenoxy) is 1. The molecular weight excluding hydrogens is 222 g/mol. The van der Waals surface area contributed by atoms with Crippen molar-refractivity contribution in [2.24, 2.45) is 5.73 Å². The van der Waals surface area contributed by atoms with Crippen LogP contribution in [-0.2, 0) is 0 Å². The summed E-state index contributed by atoms with van der Waals surface area (Å²) in [6, 6.07) is 20.8. The zero-order valence-electron chi connectivity index (χ0n) is 10.4. The molecular formula is C16H18NO. The average molecular weight is 240 g/mol. The lowest BCUT2D eigenvalue weighted by Gasteiger charge is -2.12. The zero-order chi connectivity index (χ0) is 12.6. The molecule has 0 amide bonds. The molecule has 0 saturated carbocycles. The molecule has 2 heteroatoms. The monoisotopic (exact) mass is 240 g/mol. The fraction of sp³-hybridized carbons (Fsp3) is 0.250. The first-order chi connectivity index (χ1) is 8.86. The van der Waals surface area contributed by atoms with Crippen molar-refractivity contribution < 1.29 is 4.74 Å². The second-order valence-electron chi connectivity index (χ2n) is 4.24. The van der Waals surface area contributed by atoms with Crippen LogP contribution >= 0.6 is 0 Å². The number of hydrogen-bond donors (Lipinski definition) is 1. The molecule has 2 aromatic carbocycles. The Balaban J connectivity index is 1.70. The highest BCUT2D eigenvalue weighted by Gasteiger charge is 2.04. The van der Waals surface area contributed by atoms with Gasteiger partial charge in [0.15, 0.2) is 0 Å². The van der Waals surface area contributed by atoms with Gasteiger partial charge in [-0.1, -0.05) is 42.5 Å². The molecule has 1 radical (unpaired) electrons. The Morgan fingerprint density at radius 3 is 2.50 bits per heavy atom. The lowest BCUT2D eigenvalue weighted by molar-refractivity contribution is 0.302. The van der Waals surface area contributed by atoms with E-state index in [0.29, 0.717) is 6.61 Å².